The molecule has 4 rings (SSSR count). The Balaban J connectivity index is 1.77. The molecule has 0 saturated carbocycles. The van der Waals surface area contributed by atoms with Gasteiger partial charge in [0.1, 0.15) is 11.4 Å². The average molecular weight is 444 g/mol. The molecule has 2 heterocycles. The smallest absolute Gasteiger partial charge is 0.406 e. The second kappa shape index (κ2) is 8.33. The number of anilines is 1. The van der Waals surface area contributed by atoms with Crippen molar-refractivity contribution in [3.8, 4) is 5.75 Å². The van der Waals surface area contributed by atoms with E-state index >= 15 is 0 Å². The molecule has 8 heteroatoms. The van der Waals surface area contributed by atoms with E-state index in [0.717, 1.165) is 23.5 Å². The van der Waals surface area contributed by atoms with Gasteiger partial charge in [0.25, 0.3) is 11.8 Å². The van der Waals surface area contributed by atoms with E-state index in [0.29, 0.717) is 36.2 Å². The molecule has 5 nitrogen and oxygen atoms in total. The first-order valence-corrected chi connectivity index (χ1v) is 10.4. The molecule has 2 aliphatic heterocycles. The van der Waals surface area contributed by atoms with Crippen molar-refractivity contribution in [2.24, 2.45) is 11.8 Å². The van der Waals surface area contributed by atoms with Gasteiger partial charge in [-0.05, 0) is 36.0 Å². The fraction of sp³-hybridized carbons (Fsp3) is 0.333. The number of benzene rings is 2. The number of carbonyl (C=O) groups excluding carboxylic acids is 2. The highest BCUT2D eigenvalue weighted by molar-refractivity contribution is 6.45. The van der Waals surface area contributed by atoms with Crippen LogP contribution in [-0.2, 0) is 9.59 Å². The van der Waals surface area contributed by atoms with Gasteiger partial charge in [0.05, 0.1) is 11.3 Å². The molecule has 1 fully saturated rings. The van der Waals surface area contributed by atoms with Crippen LogP contribution in [0.25, 0.3) is 5.57 Å². The van der Waals surface area contributed by atoms with Crippen molar-refractivity contribution in [3.05, 3.63) is 65.9 Å². The van der Waals surface area contributed by atoms with Crippen LogP contribution in [0.4, 0.5) is 18.9 Å². The minimum absolute atomic E-state index is 0.0308. The minimum Gasteiger partial charge on any atom is -0.406 e. The normalized spacial score (nSPS) is 22.0. The molecule has 0 aliphatic carbocycles. The van der Waals surface area contributed by atoms with Gasteiger partial charge in [0.2, 0.25) is 0 Å². The Morgan fingerprint density at radius 2 is 1.56 bits per heavy atom. The summed E-state index contributed by atoms with van der Waals surface area (Å²) in [5.41, 5.74) is 1.18. The van der Waals surface area contributed by atoms with Crippen LogP contribution < -0.4 is 9.64 Å². The van der Waals surface area contributed by atoms with Gasteiger partial charge in [-0.3, -0.25) is 9.59 Å². The maximum atomic E-state index is 13.6. The first kappa shape index (κ1) is 21.9. The van der Waals surface area contributed by atoms with Gasteiger partial charge in [-0.1, -0.05) is 50.2 Å². The van der Waals surface area contributed by atoms with Crippen LogP contribution in [0.3, 0.4) is 0 Å². The molecule has 0 radical (unpaired) electrons. The lowest BCUT2D eigenvalue weighted by Gasteiger charge is -2.37. The van der Waals surface area contributed by atoms with Crippen LogP contribution in [0, 0.1) is 11.8 Å². The van der Waals surface area contributed by atoms with Crippen molar-refractivity contribution in [1.82, 2.24) is 4.90 Å². The highest BCUT2D eigenvalue weighted by atomic mass is 19.4. The Kier molecular flexibility index (Phi) is 5.71. The SMILES string of the molecule is CC1CC(C)CN(C2=C(c3ccccc3)C(=O)N(c3cccc(OC(F)(F)F)c3)C2=O)C1. The number of hydrogen-bond acceptors (Lipinski definition) is 4. The number of amides is 2. The third kappa shape index (κ3) is 4.35. The van der Waals surface area contributed by atoms with Crippen molar-refractivity contribution >= 4 is 23.1 Å². The minimum atomic E-state index is -4.88. The van der Waals surface area contributed by atoms with Crippen LogP contribution in [0.5, 0.6) is 5.75 Å². The first-order valence-electron chi connectivity index (χ1n) is 10.4. The number of alkyl halides is 3. The fourth-order valence-electron chi connectivity index (χ4n) is 4.58. The van der Waals surface area contributed by atoms with Gasteiger partial charge >= 0.3 is 6.36 Å². The van der Waals surface area contributed by atoms with Gasteiger partial charge in [-0.15, -0.1) is 13.2 Å². The molecule has 1 saturated heterocycles. The number of imide groups is 1. The lowest BCUT2D eigenvalue weighted by atomic mass is 9.91. The Labute approximate surface area is 184 Å². The number of piperidine rings is 1. The zero-order chi connectivity index (χ0) is 23.0. The highest BCUT2D eigenvalue weighted by Crippen LogP contribution is 2.38. The number of hydrogen-bond donors (Lipinski definition) is 0. The molecular weight excluding hydrogens is 421 g/mol. The Bertz CT molecular complexity index is 1060. The van der Waals surface area contributed by atoms with Gasteiger partial charge in [0, 0.05) is 19.2 Å². The average Bonchev–Trinajstić information content (AvgIpc) is 2.97. The van der Waals surface area contributed by atoms with Crippen molar-refractivity contribution in [2.45, 2.75) is 26.6 Å². The summed E-state index contributed by atoms with van der Waals surface area (Å²) in [4.78, 5) is 29.9. The van der Waals surface area contributed by atoms with E-state index in [4.69, 9.17) is 0 Å². The zero-order valence-electron chi connectivity index (χ0n) is 17.7. The van der Waals surface area contributed by atoms with Crippen molar-refractivity contribution in [3.63, 3.8) is 0 Å². The van der Waals surface area contributed by atoms with Gasteiger partial charge in [-0.25, -0.2) is 4.90 Å². The highest BCUT2D eigenvalue weighted by Gasteiger charge is 2.44. The molecule has 0 N–H and O–H groups in total. The molecule has 0 bridgehead atoms. The molecule has 0 aromatic heterocycles. The van der Waals surface area contributed by atoms with Crippen molar-refractivity contribution < 1.29 is 27.5 Å². The van der Waals surface area contributed by atoms with E-state index in [2.05, 4.69) is 18.6 Å². The standard InChI is InChI=1S/C24H23F3N2O3/c1-15-11-16(2)14-28(13-15)21-20(17-7-4-3-5-8-17)22(30)29(23(21)31)18-9-6-10-19(12-18)32-24(25,26)27/h3-10,12,15-16H,11,13-14H2,1-2H3. The number of ether oxygens (including phenoxy) is 1. The maximum absolute atomic E-state index is 13.6. The molecule has 32 heavy (non-hydrogen) atoms. The van der Waals surface area contributed by atoms with Gasteiger partial charge in [-0.2, -0.15) is 0 Å². The quantitative estimate of drug-likeness (QED) is 0.633. The van der Waals surface area contributed by atoms with Crippen molar-refractivity contribution in [2.75, 3.05) is 18.0 Å². The van der Waals surface area contributed by atoms with Crippen LogP contribution in [-0.4, -0.2) is 36.2 Å². The summed E-state index contributed by atoms with van der Waals surface area (Å²) in [6.45, 7) is 5.45. The summed E-state index contributed by atoms with van der Waals surface area (Å²) in [5, 5.41) is 0. The molecule has 168 valence electrons. The zero-order valence-corrected chi connectivity index (χ0v) is 17.7. The number of carbonyl (C=O) groups is 2. The van der Waals surface area contributed by atoms with Crippen molar-refractivity contribution in [1.29, 1.82) is 0 Å². The molecule has 2 aliphatic rings. The summed E-state index contributed by atoms with van der Waals surface area (Å²) >= 11 is 0. The van der Waals surface area contributed by atoms with E-state index in [1.807, 2.05) is 11.0 Å². The number of likely N-dealkylation sites (tertiary alicyclic amines) is 1. The molecule has 2 atom stereocenters. The molecule has 0 spiro atoms. The predicted molar refractivity (Wildman–Crippen MR) is 113 cm³/mol. The van der Waals surface area contributed by atoms with Gasteiger partial charge in [0.15, 0.2) is 0 Å². The van der Waals surface area contributed by atoms with Crippen LogP contribution >= 0.6 is 0 Å². The maximum Gasteiger partial charge on any atom is 0.573 e. The van der Waals surface area contributed by atoms with Crippen LogP contribution in [0.15, 0.2) is 60.3 Å². The lowest BCUT2D eigenvalue weighted by molar-refractivity contribution is -0.274. The number of halogens is 3. The molecule has 2 aromatic carbocycles. The fourth-order valence-corrected chi connectivity index (χ4v) is 4.58. The predicted octanol–water partition coefficient (Wildman–Crippen LogP) is 4.85. The first-order chi connectivity index (χ1) is 15.1. The van der Waals surface area contributed by atoms with E-state index in [9.17, 15) is 22.8 Å². The molecular formula is C24H23F3N2O3. The van der Waals surface area contributed by atoms with E-state index < -0.39 is 23.9 Å². The number of rotatable bonds is 4. The second-order valence-electron chi connectivity index (χ2n) is 8.43. The lowest BCUT2D eigenvalue weighted by Crippen LogP contribution is -2.42. The summed E-state index contributed by atoms with van der Waals surface area (Å²) in [7, 11) is 0. The third-order valence-corrected chi connectivity index (χ3v) is 5.62. The van der Waals surface area contributed by atoms with E-state index in [1.165, 1.54) is 12.1 Å². The largest absolute Gasteiger partial charge is 0.573 e. The molecule has 2 aromatic rings. The number of nitrogens with zero attached hydrogens (tertiary/aromatic N) is 2. The summed E-state index contributed by atoms with van der Waals surface area (Å²) in [6.07, 6.45) is -3.86. The Morgan fingerprint density at radius 3 is 2.19 bits per heavy atom. The summed E-state index contributed by atoms with van der Waals surface area (Å²) < 4.78 is 42.0. The molecule has 2 unspecified atom stereocenters. The second-order valence-corrected chi connectivity index (χ2v) is 8.43. The molecule has 2 amide bonds. The summed E-state index contributed by atoms with van der Waals surface area (Å²) in [6, 6.07) is 13.8. The van der Waals surface area contributed by atoms with Gasteiger partial charge < -0.3 is 9.64 Å². The van der Waals surface area contributed by atoms with E-state index in [1.54, 1.807) is 24.3 Å². The van der Waals surface area contributed by atoms with Crippen LogP contribution in [0.1, 0.15) is 25.8 Å². The Morgan fingerprint density at radius 1 is 0.906 bits per heavy atom. The Hall–Kier alpha value is -3.29. The third-order valence-electron chi connectivity index (χ3n) is 5.62. The summed E-state index contributed by atoms with van der Waals surface area (Å²) in [5.74, 6) is -0.927. The monoisotopic (exact) mass is 444 g/mol. The van der Waals surface area contributed by atoms with E-state index in [-0.39, 0.29) is 11.3 Å². The topological polar surface area (TPSA) is 49.9 Å². The van der Waals surface area contributed by atoms with Crippen LogP contribution in [0.2, 0.25) is 0 Å².